The van der Waals surface area contributed by atoms with E-state index in [0.717, 1.165) is 12.5 Å². The van der Waals surface area contributed by atoms with Crippen molar-refractivity contribution in [3.63, 3.8) is 0 Å². The highest BCUT2D eigenvalue weighted by atomic mass is 14.6. The molecule has 0 spiro atoms. The average molecular weight is 155 g/mol. The predicted molar refractivity (Wildman–Crippen MR) is 49.4 cm³/mol. The van der Waals surface area contributed by atoms with Gasteiger partial charge in [-0.3, -0.25) is 0 Å². The van der Waals surface area contributed by atoms with Crippen LogP contribution in [-0.2, 0) is 0 Å². The largest absolute Gasteiger partial charge is 0.330 e. The Labute approximate surface area is 70.4 Å². The lowest BCUT2D eigenvalue weighted by Gasteiger charge is -2.40. The Balaban J connectivity index is 2.57. The molecule has 1 nitrogen and oxygen atoms in total. The normalized spacial score (nSPS) is 39.0. The highest BCUT2D eigenvalue weighted by Gasteiger charge is 2.33. The molecule has 0 aromatic rings. The van der Waals surface area contributed by atoms with Gasteiger partial charge in [-0.1, -0.05) is 33.1 Å². The molecule has 1 heteroatoms. The van der Waals surface area contributed by atoms with Crippen molar-refractivity contribution in [2.45, 2.75) is 46.0 Å². The molecule has 11 heavy (non-hydrogen) atoms. The molecule has 1 rings (SSSR count). The number of nitrogens with two attached hydrogens (primary N) is 1. The maximum absolute atomic E-state index is 5.75. The average Bonchev–Trinajstić information content (AvgIpc) is 2.05. The summed E-state index contributed by atoms with van der Waals surface area (Å²) in [6, 6.07) is 0. The van der Waals surface area contributed by atoms with Gasteiger partial charge in [-0.25, -0.2) is 0 Å². The van der Waals surface area contributed by atoms with Crippen LogP contribution < -0.4 is 5.73 Å². The fourth-order valence-electron chi connectivity index (χ4n) is 2.34. The summed E-state index contributed by atoms with van der Waals surface area (Å²) in [5, 5.41) is 0. The van der Waals surface area contributed by atoms with Crippen LogP contribution >= 0.6 is 0 Å². The maximum Gasteiger partial charge on any atom is -0.00437 e. The topological polar surface area (TPSA) is 26.0 Å². The smallest absolute Gasteiger partial charge is 0.00437 e. The van der Waals surface area contributed by atoms with E-state index in [-0.39, 0.29) is 0 Å². The third-order valence-corrected chi connectivity index (χ3v) is 3.63. The Morgan fingerprint density at radius 3 is 2.64 bits per heavy atom. The fourth-order valence-corrected chi connectivity index (χ4v) is 2.34. The first-order valence-corrected chi connectivity index (χ1v) is 4.93. The van der Waals surface area contributed by atoms with Crippen LogP contribution in [0.4, 0.5) is 0 Å². The molecule has 1 aliphatic rings. The molecule has 0 aromatic carbocycles. The summed E-state index contributed by atoms with van der Waals surface area (Å²) in [6.07, 6.45) is 6.87. The molecule has 0 bridgehead atoms. The first-order valence-electron chi connectivity index (χ1n) is 4.93. The lowest BCUT2D eigenvalue weighted by atomic mass is 9.66. The molecule has 1 saturated carbocycles. The molecule has 1 fully saturated rings. The second-order valence-electron chi connectivity index (χ2n) is 4.19. The SMILES string of the molecule is CCC1(C)CCCCC1CN. The molecule has 2 unspecified atom stereocenters. The van der Waals surface area contributed by atoms with Gasteiger partial charge in [0.2, 0.25) is 0 Å². The summed E-state index contributed by atoms with van der Waals surface area (Å²) in [5.41, 5.74) is 6.32. The van der Waals surface area contributed by atoms with E-state index in [9.17, 15) is 0 Å². The molecule has 2 N–H and O–H groups in total. The molecular formula is C10H21N. The number of hydrogen-bond acceptors (Lipinski definition) is 1. The first-order chi connectivity index (χ1) is 5.23. The Kier molecular flexibility index (Phi) is 2.94. The van der Waals surface area contributed by atoms with Gasteiger partial charge >= 0.3 is 0 Å². The molecular weight excluding hydrogens is 134 g/mol. The van der Waals surface area contributed by atoms with E-state index in [2.05, 4.69) is 13.8 Å². The zero-order chi connectivity index (χ0) is 8.32. The van der Waals surface area contributed by atoms with E-state index in [1.165, 1.54) is 32.1 Å². The van der Waals surface area contributed by atoms with Crippen LogP contribution in [0.3, 0.4) is 0 Å². The predicted octanol–water partition coefficient (Wildman–Crippen LogP) is 2.55. The van der Waals surface area contributed by atoms with Crippen molar-refractivity contribution in [3.8, 4) is 0 Å². The summed E-state index contributed by atoms with van der Waals surface area (Å²) in [6.45, 7) is 5.60. The molecule has 0 aliphatic heterocycles. The zero-order valence-electron chi connectivity index (χ0n) is 7.90. The maximum atomic E-state index is 5.75. The van der Waals surface area contributed by atoms with Crippen molar-refractivity contribution in [1.29, 1.82) is 0 Å². The molecule has 2 atom stereocenters. The van der Waals surface area contributed by atoms with Crippen molar-refractivity contribution >= 4 is 0 Å². The van der Waals surface area contributed by atoms with Gasteiger partial charge in [-0.2, -0.15) is 0 Å². The Morgan fingerprint density at radius 2 is 2.18 bits per heavy atom. The lowest BCUT2D eigenvalue weighted by molar-refractivity contribution is 0.116. The Morgan fingerprint density at radius 1 is 1.45 bits per heavy atom. The van der Waals surface area contributed by atoms with Crippen LogP contribution in [0.25, 0.3) is 0 Å². The van der Waals surface area contributed by atoms with Crippen LogP contribution in [0, 0.1) is 11.3 Å². The van der Waals surface area contributed by atoms with Crippen molar-refractivity contribution in [3.05, 3.63) is 0 Å². The monoisotopic (exact) mass is 155 g/mol. The second kappa shape index (κ2) is 3.57. The summed E-state index contributed by atoms with van der Waals surface area (Å²) < 4.78 is 0. The van der Waals surface area contributed by atoms with Gasteiger partial charge in [0, 0.05) is 0 Å². The van der Waals surface area contributed by atoms with Gasteiger partial charge in [-0.15, -0.1) is 0 Å². The quantitative estimate of drug-likeness (QED) is 0.651. The number of hydrogen-bond donors (Lipinski definition) is 1. The minimum atomic E-state index is 0.562. The summed E-state index contributed by atoms with van der Waals surface area (Å²) in [5.74, 6) is 0.793. The molecule has 0 amide bonds. The van der Waals surface area contributed by atoms with Gasteiger partial charge in [0.15, 0.2) is 0 Å². The standard InChI is InChI=1S/C10H21N/c1-3-10(2)7-5-4-6-9(10)8-11/h9H,3-8,11H2,1-2H3. The highest BCUT2D eigenvalue weighted by molar-refractivity contribution is 4.85. The van der Waals surface area contributed by atoms with Crippen molar-refractivity contribution in [1.82, 2.24) is 0 Å². The van der Waals surface area contributed by atoms with Crippen LogP contribution in [0.5, 0.6) is 0 Å². The minimum Gasteiger partial charge on any atom is -0.330 e. The Bertz CT molecular complexity index is 122. The van der Waals surface area contributed by atoms with E-state index >= 15 is 0 Å². The van der Waals surface area contributed by atoms with Crippen LogP contribution in [-0.4, -0.2) is 6.54 Å². The third kappa shape index (κ3) is 1.76. The first kappa shape index (κ1) is 9.05. The van der Waals surface area contributed by atoms with Crippen molar-refractivity contribution < 1.29 is 0 Å². The highest BCUT2D eigenvalue weighted by Crippen LogP contribution is 2.42. The zero-order valence-corrected chi connectivity index (χ0v) is 7.90. The van der Waals surface area contributed by atoms with Gasteiger partial charge in [0.1, 0.15) is 0 Å². The van der Waals surface area contributed by atoms with Crippen LogP contribution in [0.2, 0.25) is 0 Å². The summed E-state index contributed by atoms with van der Waals surface area (Å²) in [7, 11) is 0. The molecule has 0 radical (unpaired) electrons. The van der Waals surface area contributed by atoms with Gasteiger partial charge < -0.3 is 5.73 Å². The van der Waals surface area contributed by atoms with E-state index in [1.807, 2.05) is 0 Å². The van der Waals surface area contributed by atoms with Gasteiger partial charge in [0.25, 0.3) is 0 Å². The molecule has 0 heterocycles. The van der Waals surface area contributed by atoms with Crippen LogP contribution in [0.1, 0.15) is 46.0 Å². The van der Waals surface area contributed by atoms with Gasteiger partial charge in [-0.05, 0) is 30.7 Å². The van der Waals surface area contributed by atoms with E-state index in [0.29, 0.717) is 5.41 Å². The van der Waals surface area contributed by atoms with Crippen LogP contribution in [0.15, 0.2) is 0 Å². The minimum absolute atomic E-state index is 0.562. The summed E-state index contributed by atoms with van der Waals surface area (Å²) >= 11 is 0. The fraction of sp³-hybridized carbons (Fsp3) is 1.00. The second-order valence-corrected chi connectivity index (χ2v) is 4.19. The molecule has 66 valence electrons. The molecule has 1 aliphatic carbocycles. The van der Waals surface area contributed by atoms with E-state index in [1.54, 1.807) is 0 Å². The molecule has 0 aromatic heterocycles. The lowest BCUT2D eigenvalue weighted by Crippen LogP contribution is -2.35. The van der Waals surface area contributed by atoms with E-state index in [4.69, 9.17) is 5.73 Å². The van der Waals surface area contributed by atoms with Crippen molar-refractivity contribution in [2.75, 3.05) is 6.54 Å². The Hall–Kier alpha value is -0.0400. The third-order valence-electron chi connectivity index (χ3n) is 3.63. The van der Waals surface area contributed by atoms with E-state index < -0.39 is 0 Å². The van der Waals surface area contributed by atoms with Gasteiger partial charge in [0.05, 0.1) is 0 Å². The molecule has 0 saturated heterocycles. The number of rotatable bonds is 2. The summed E-state index contributed by atoms with van der Waals surface area (Å²) in [4.78, 5) is 0. The van der Waals surface area contributed by atoms with Crippen molar-refractivity contribution in [2.24, 2.45) is 17.1 Å².